The predicted octanol–water partition coefficient (Wildman–Crippen LogP) is 2.49. The van der Waals surface area contributed by atoms with Crippen LogP contribution in [0, 0.1) is 5.82 Å². The summed E-state index contributed by atoms with van der Waals surface area (Å²) in [5.74, 6) is 5.65. The second-order valence-electron chi connectivity index (χ2n) is 5.78. The number of hydrogen-bond donors (Lipinski definition) is 3. The molecule has 0 aliphatic heterocycles. The van der Waals surface area contributed by atoms with Crippen LogP contribution < -0.4 is 16.5 Å². The molecule has 28 heavy (non-hydrogen) atoms. The van der Waals surface area contributed by atoms with Gasteiger partial charge in [-0.15, -0.1) is 10.2 Å². The van der Waals surface area contributed by atoms with E-state index >= 15 is 0 Å². The summed E-state index contributed by atoms with van der Waals surface area (Å²) in [5, 5.41) is 13.7. The van der Waals surface area contributed by atoms with Crippen LogP contribution in [-0.2, 0) is 9.59 Å². The summed E-state index contributed by atoms with van der Waals surface area (Å²) in [7, 11) is 0. The van der Waals surface area contributed by atoms with Crippen molar-refractivity contribution in [1.82, 2.24) is 14.9 Å². The van der Waals surface area contributed by atoms with E-state index in [4.69, 9.17) is 5.84 Å². The Labute approximate surface area is 164 Å². The van der Waals surface area contributed by atoms with Gasteiger partial charge >= 0.3 is 0 Å². The van der Waals surface area contributed by atoms with E-state index in [9.17, 15) is 14.0 Å². The summed E-state index contributed by atoms with van der Waals surface area (Å²) in [4.78, 5) is 23.1. The summed E-state index contributed by atoms with van der Waals surface area (Å²) in [6.45, 7) is 1.42. The Balaban J connectivity index is 1.57. The Bertz CT molecular complexity index is 988. The van der Waals surface area contributed by atoms with Gasteiger partial charge in [0.15, 0.2) is 5.82 Å². The lowest BCUT2D eigenvalue weighted by molar-refractivity contribution is -0.114. The first-order valence-corrected chi connectivity index (χ1v) is 9.17. The second kappa shape index (κ2) is 8.53. The first kappa shape index (κ1) is 19.4. The van der Waals surface area contributed by atoms with Crippen LogP contribution in [0.15, 0.2) is 53.7 Å². The number of carbonyl (C=O) groups is 2. The van der Waals surface area contributed by atoms with Crippen molar-refractivity contribution in [2.45, 2.75) is 12.1 Å². The maximum Gasteiger partial charge on any atom is 0.234 e. The Morgan fingerprint density at radius 2 is 1.64 bits per heavy atom. The minimum absolute atomic E-state index is 0.0756. The molecule has 0 aliphatic rings. The van der Waals surface area contributed by atoms with Gasteiger partial charge in [-0.1, -0.05) is 11.8 Å². The van der Waals surface area contributed by atoms with Crippen LogP contribution in [0.25, 0.3) is 11.4 Å². The van der Waals surface area contributed by atoms with E-state index in [1.165, 1.54) is 23.7 Å². The zero-order valence-electron chi connectivity index (χ0n) is 14.8. The van der Waals surface area contributed by atoms with Crippen molar-refractivity contribution in [3.05, 3.63) is 54.3 Å². The van der Waals surface area contributed by atoms with Crippen molar-refractivity contribution in [2.75, 3.05) is 22.2 Å². The lowest BCUT2D eigenvalue weighted by Gasteiger charge is -2.07. The third-order valence-corrected chi connectivity index (χ3v) is 4.53. The topological polar surface area (TPSA) is 115 Å². The molecule has 0 fully saturated rings. The molecular formula is C18H17FN6O2S. The first-order chi connectivity index (χ1) is 13.4. The Morgan fingerprint density at radius 1 is 1.04 bits per heavy atom. The molecule has 0 unspecified atom stereocenters. The number of anilines is 2. The summed E-state index contributed by atoms with van der Waals surface area (Å²) in [5.41, 5.74) is 1.86. The fourth-order valence-corrected chi connectivity index (χ4v) is 3.00. The number of thioether (sulfide) groups is 1. The molecule has 0 spiro atoms. The number of nitrogens with two attached hydrogens (primary N) is 1. The van der Waals surface area contributed by atoms with E-state index < -0.39 is 0 Å². The van der Waals surface area contributed by atoms with Gasteiger partial charge in [-0.3, -0.25) is 9.59 Å². The third kappa shape index (κ3) is 4.86. The van der Waals surface area contributed by atoms with E-state index in [0.29, 0.717) is 27.9 Å². The van der Waals surface area contributed by atoms with Gasteiger partial charge < -0.3 is 16.5 Å². The number of carbonyl (C=O) groups excluding carboxylic acids is 2. The fourth-order valence-electron chi connectivity index (χ4n) is 2.34. The van der Waals surface area contributed by atoms with Gasteiger partial charge in [0.2, 0.25) is 17.0 Å². The zero-order valence-corrected chi connectivity index (χ0v) is 15.7. The lowest BCUT2D eigenvalue weighted by atomic mass is 10.2. The van der Waals surface area contributed by atoms with Crippen LogP contribution in [0.3, 0.4) is 0 Å². The normalized spacial score (nSPS) is 10.5. The van der Waals surface area contributed by atoms with Crippen LogP contribution in [0.1, 0.15) is 6.92 Å². The van der Waals surface area contributed by atoms with Crippen LogP contribution in [-0.4, -0.2) is 32.4 Å². The third-order valence-electron chi connectivity index (χ3n) is 3.59. The number of nitrogens with one attached hydrogen (secondary N) is 2. The number of halogens is 1. The Kier molecular flexibility index (Phi) is 5.90. The zero-order chi connectivity index (χ0) is 20.1. The summed E-state index contributed by atoms with van der Waals surface area (Å²) in [6.07, 6.45) is 0. The number of benzene rings is 2. The largest absolute Gasteiger partial charge is 0.335 e. The molecule has 2 amide bonds. The molecule has 1 aromatic heterocycles. The maximum absolute atomic E-state index is 13.0. The van der Waals surface area contributed by atoms with E-state index in [1.54, 1.807) is 36.4 Å². The van der Waals surface area contributed by atoms with Crippen LogP contribution in [0.4, 0.5) is 15.8 Å². The number of nitrogens with zero attached hydrogens (tertiary/aromatic N) is 3. The monoisotopic (exact) mass is 400 g/mol. The van der Waals surface area contributed by atoms with Crippen molar-refractivity contribution in [1.29, 1.82) is 0 Å². The smallest absolute Gasteiger partial charge is 0.234 e. The van der Waals surface area contributed by atoms with Gasteiger partial charge in [0, 0.05) is 23.9 Å². The molecule has 10 heteroatoms. The fraction of sp³-hybridized carbons (Fsp3) is 0.111. The summed E-state index contributed by atoms with van der Waals surface area (Å²) in [6, 6.07) is 12.5. The van der Waals surface area contributed by atoms with E-state index in [0.717, 1.165) is 11.8 Å². The molecule has 0 saturated heterocycles. The Morgan fingerprint density at radius 3 is 2.25 bits per heavy atom. The predicted molar refractivity (Wildman–Crippen MR) is 106 cm³/mol. The highest BCUT2D eigenvalue weighted by atomic mass is 32.2. The number of amides is 2. The molecule has 8 nitrogen and oxygen atoms in total. The molecular weight excluding hydrogens is 383 g/mol. The minimum atomic E-state index is -0.358. The molecule has 0 radical (unpaired) electrons. The Hall–Kier alpha value is -3.40. The number of hydrogen-bond acceptors (Lipinski definition) is 6. The second-order valence-corrected chi connectivity index (χ2v) is 6.72. The quantitative estimate of drug-likeness (QED) is 0.433. The SMILES string of the molecule is CC(=O)Nc1ccc(NC(=O)CSc2nnc(-c3ccc(F)cc3)n2N)cc1. The van der Waals surface area contributed by atoms with Gasteiger partial charge in [-0.2, -0.15) is 0 Å². The highest BCUT2D eigenvalue weighted by Crippen LogP contribution is 2.22. The molecule has 2 aromatic carbocycles. The lowest BCUT2D eigenvalue weighted by Crippen LogP contribution is -2.16. The van der Waals surface area contributed by atoms with E-state index in [1.807, 2.05) is 0 Å². The van der Waals surface area contributed by atoms with Crippen molar-refractivity contribution in [2.24, 2.45) is 0 Å². The van der Waals surface area contributed by atoms with Crippen molar-refractivity contribution >= 4 is 35.0 Å². The number of nitrogen functional groups attached to an aromatic ring is 1. The molecule has 1 heterocycles. The molecule has 0 atom stereocenters. The maximum atomic E-state index is 13.0. The summed E-state index contributed by atoms with van der Waals surface area (Å²) < 4.78 is 14.3. The average molecular weight is 400 g/mol. The van der Waals surface area contributed by atoms with Crippen molar-refractivity contribution in [3.63, 3.8) is 0 Å². The standard InChI is InChI=1S/C18H17FN6O2S/c1-11(26)21-14-6-8-15(9-7-14)22-16(27)10-28-18-24-23-17(25(18)20)12-2-4-13(19)5-3-12/h2-9H,10,20H2,1H3,(H,21,26)(H,22,27). The molecule has 3 aromatic rings. The van der Waals surface area contributed by atoms with Gasteiger partial charge in [-0.25, -0.2) is 9.07 Å². The molecule has 0 saturated carbocycles. The highest BCUT2D eigenvalue weighted by Gasteiger charge is 2.14. The van der Waals surface area contributed by atoms with E-state index in [-0.39, 0.29) is 23.4 Å². The first-order valence-electron chi connectivity index (χ1n) is 8.19. The van der Waals surface area contributed by atoms with Crippen LogP contribution >= 0.6 is 11.8 Å². The average Bonchev–Trinajstić information content (AvgIpc) is 3.02. The van der Waals surface area contributed by atoms with Crippen LogP contribution in [0.2, 0.25) is 0 Å². The van der Waals surface area contributed by atoms with Gasteiger partial charge in [0.1, 0.15) is 5.82 Å². The number of aromatic nitrogens is 3. The molecule has 3 rings (SSSR count). The van der Waals surface area contributed by atoms with Gasteiger partial charge in [0.05, 0.1) is 5.75 Å². The van der Waals surface area contributed by atoms with Gasteiger partial charge in [-0.05, 0) is 48.5 Å². The number of rotatable bonds is 6. The minimum Gasteiger partial charge on any atom is -0.335 e. The van der Waals surface area contributed by atoms with Crippen molar-refractivity contribution < 1.29 is 14.0 Å². The van der Waals surface area contributed by atoms with E-state index in [2.05, 4.69) is 20.8 Å². The molecule has 0 aliphatic carbocycles. The summed E-state index contributed by atoms with van der Waals surface area (Å²) >= 11 is 1.13. The molecule has 0 bridgehead atoms. The molecule has 144 valence electrons. The van der Waals surface area contributed by atoms with Crippen molar-refractivity contribution in [3.8, 4) is 11.4 Å². The highest BCUT2D eigenvalue weighted by molar-refractivity contribution is 7.99. The molecule has 4 N–H and O–H groups in total. The van der Waals surface area contributed by atoms with Crippen LogP contribution in [0.5, 0.6) is 0 Å². The van der Waals surface area contributed by atoms with Gasteiger partial charge in [0.25, 0.3) is 0 Å².